The van der Waals surface area contributed by atoms with Gasteiger partial charge >= 0.3 is 0 Å². The number of hydrogen-bond donors (Lipinski definition) is 2. The molecule has 1 amide bonds. The summed E-state index contributed by atoms with van der Waals surface area (Å²) in [5.74, 6) is -0.0539. The minimum Gasteiger partial charge on any atom is -0.399 e. The molecule has 4 nitrogen and oxygen atoms in total. The fraction of sp³-hybridized carbons (Fsp3) is 0.235. The molecule has 0 heterocycles. The summed E-state index contributed by atoms with van der Waals surface area (Å²) < 4.78 is 0. The fourth-order valence-electron chi connectivity index (χ4n) is 2.06. The molecule has 0 aliphatic heterocycles. The fourth-order valence-corrected chi connectivity index (χ4v) is 2.06. The predicted molar refractivity (Wildman–Crippen MR) is 88.6 cm³/mol. The number of benzene rings is 2. The van der Waals surface area contributed by atoms with Gasteiger partial charge in [-0.15, -0.1) is 0 Å². The van der Waals surface area contributed by atoms with Crippen molar-refractivity contribution in [1.29, 1.82) is 0 Å². The number of hydrogen-bond acceptors (Lipinski definition) is 3. The van der Waals surface area contributed by atoms with Crippen LogP contribution in [0.3, 0.4) is 0 Å². The molecule has 2 rings (SSSR count). The zero-order valence-electron chi connectivity index (χ0n) is 12.5. The molecule has 0 spiro atoms. The molecule has 2 aromatic rings. The Balaban J connectivity index is 1.93. The van der Waals surface area contributed by atoms with E-state index in [0.29, 0.717) is 12.2 Å². The first-order valence-corrected chi connectivity index (χ1v) is 7.04. The smallest absolute Gasteiger partial charge is 0.243 e. The van der Waals surface area contributed by atoms with Gasteiger partial charge in [-0.1, -0.05) is 19.1 Å². The third kappa shape index (κ3) is 4.24. The van der Waals surface area contributed by atoms with E-state index < -0.39 is 0 Å². The molecular weight excluding hydrogens is 262 g/mol. The Morgan fingerprint density at radius 1 is 1.10 bits per heavy atom. The van der Waals surface area contributed by atoms with Gasteiger partial charge in [0.25, 0.3) is 0 Å². The van der Waals surface area contributed by atoms with Crippen LogP contribution in [0.25, 0.3) is 0 Å². The van der Waals surface area contributed by atoms with Gasteiger partial charge in [0.1, 0.15) is 0 Å². The zero-order chi connectivity index (χ0) is 15.2. The molecule has 2 aromatic carbocycles. The molecule has 110 valence electrons. The number of amides is 1. The summed E-state index contributed by atoms with van der Waals surface area (Å²) in [5, 5.41) is 2.86. The van der Waals surface area contributed by atoms with Crippen molar-refractivity contribution < 1.29 is 4.79 Å². The molecule has 0 saturated heterocycles. The van der Waals surface area contributed by atoms with Crippen molar-refractivity contribution in [2.75, 3.05) is 29.5 Å². The van der Waals surface area contributed by atoms with Crippen LogP contribution in [-0.4, -0.2) is 19.5 Å². The van der Waals surface area contributed by atoms with E-state index >= 15 is 0 Å². The Hall–Kier alpha value is -2.49. The molecule has 0 saturated carbocycles. The average Bonchev–Trinajstić information content (AvgIpc) is 2.49. The van der Waals surface area contributed by atoms with Crippen LogP contribution in [0.15, 0.2) is 48.5 Å². The highest BCUT2D eigenvalue weighted by molar-refractivity contribution is 5.94. The van der Waals surface area contributed by atoms with Gasteiger partial charge in [0, 0.05) is 24.1 Å². The molecule has 21 heavy (non-hydrogen) atoms. The van der Waals surface area contributed by atoms with Gasteiger partial charge in [-0.05, 0) is 48.4 Å². The van der Waals surface area contributed by atoms with Gasteiger partial charge in [-0.3, -0.25) is 4.79 Å². The van der Waals surface area contributed by atoms with E-state index in [1.54, 1.807) is 24.3 Å². The second-order valence-corrected chi connectivity index (χ2v) is 5.05. The van der Waals surface area contributed by atoms with E-state index in [9.17, 15) is 4.79 Å². The number of rotatable bonds is 5. The molecule has 0 atom stereocenters. The van der Waals surface area contributed by atoms with Gasteiger partial charge in [0.2, 0.25) is 5.91 Å². The summed E-state index contributed by atoms with van der Waals surface area (Å²) in [6.07, 6.45) is 1.02. The standard InChI is InChI=1S/C17H21N3O/c1-3-13-4-10-16(11-5-13)20(2)12-17(21)19-15-8-6-14(18)7-9-15/h4-11H,3,12,18H2,1-2H3,(H,19,21). The maximum absolute atomic E-state index is 12.0. The van der Waals surface area contributed by atoms with E-state index in [1.165, 1.54) is 5.56 Å². The first-order valence-electron chi connectivity index (χ1n) is 7.04. The number of nitrogens with two attached hydrogens (primary N) is 1. The van der Waals surface area contributed by atoms with Crippen molar-refractivity contribution in [1.82, 2.24) is 0 Å². The van der Waals surface area contributed by atoms with Crippen LogP contribution < -0.4 is 16.0 Å². The Morgan fingerprint density at radius 3 is 2.29 bits per heavy atom. The summed E-state index contributed by atoms with van der Waals surface area (Å²) in [7, 11) is 1.91. The van der Waals surface area contributed by atoms with Crippen molar-refractivity contribution >= 4 is 23.0 Å². The van der Waals surface area contributed by atoms with Crippen LogP contribution in [0.4, 0.5) is 17.1 Å². The van der Waals surface area contributed by atoms with E-state index in [1.807, 2.05) is 24.1 Å². The van der Waals surface area contributed by atoms with Gasteiger partial charge < -0.3 is 16.0 Å². The van der Waals surface area contributed by atoms with Crippen molar-refractivity contribution in [2.45, 2.75) is 13.3 Å². The van der Waals surface area contributed by atoms with E-state index in [0.717, 1.165) is 17.8 Å². The normalized spacial score (nSPS) is 10.2. The van der Waals surface area contributed by atoms with E-state index in [2.05, 4.69) is 24.4 Å². The largest absolute Gasteiger partial charge is 0.399 e. The third-order valence-electron chi connectivity index (χ3n) is 3.36. The van der Waals surface area contributed by atoms with Crippen LogP contribution in [0.1, 0.15) is 12.5 Å². The summed E-state index contributed by atoms with van der Waals surface area (Å²) >= 11 is 0. The van der Waals surface area contributed by atoms with Crippen LogP contribution in [0.2, 0.25) is 0 Å². The molecular formula is C17H21N3O. The zero-order valence-corrected chi connectivity index (χ0v) is 12.5. The Bertz CT molecular complexity index is 590. The van der Waals surface area contributed by atoms with Gasteiger partial charge in [0.15, 0.2) is 0 Å². The Morgan fingerprint density at radius 2 is 1.71 bits per heavy atom. The van der Waals surface area contributed by atoms with Crippen molar-refractivity contribution in [3.8, 4) is 0 Å². The summed E-state index contributed by atoms with van der Waals surface area (Å²) in [5.41, 5.74) is 9.37. The molecule has 4 heteroatoms. The van der Waals surface area contributed by atoms with E-state index in [-0.39, 0.29) is 5.91 Å². The minimum absolute atomic E-state index is 0.0539. The molecule has 3 N–H and O–H groups in total. The number of carbonyl (C=O) groups excluding carboxylic acids is 1. The van der Waals surface area contributed by atoms with E-state index in [4.69, 9.17) is 5.73 Å². The highest BCUT2D eigenvalue weighted by atomic mass is 16.2. The lowest BCUT2D eigenvalue weighted by molar-refractivity contribution is -0.114. The quantitative estimate of drug-likeness (QED) is 0.830. The van der Waals surface area contributed by atoms with Crippen molar-refractivity contribution in [2.24, 2.45) is 0 Å². The number of aryl methyl sites for hydroxylation is 1. The summed E-state index contributed by atoms with van der Waals surface area (Å²) in [6, 6.07) is 15.4. The SMILES string of the molecule is CCc1ccc(N(C)CC(=O)Nc2ccc(N)cc2)cc1. The number of carbonyl (C=O) groups is 1. The van der Waals surface area contributed by atoms with Gasteiger partial charge in [-0.2, -0.15) is 0 Å². The highest BCUT2D eigenvalue weighted by Crippen LogP contribution is 2.15. The molecule has 0 unspecified atom stereocenters. The van der Waals surface area contributed by atoms with Crippen LogP contribution in [-0.2, 0) is 11.2 Å². The first-order chi connectivity index (χ1) is 10.1. The maximum Gasteiger partial charge on any atom is 0.243 e. The second-order valence-electron chi connectivity index (χ2n) is 5.05. The number of nitrogen functional groups attached to an aromatic ring is 1. The molecule has 0 aromatic heterocycles. The van der Waals surface area contributed by atoms with Crippen molar-refractivity contribution in [3.63, 3.8) is 0 Å². The monoisotopic (exact) mass is 283 g/mol. The average molecular weight is 283 g/mol. The molecule has 0 aliphatic carbocycles. The van der Waals surface area contributed by atoms with Crippen molar-refractivity contribution in [3.05, 3.63) is 54.1 Å². The van der Waals surface area contributed by atoms with Crippen LogP contribution in [0.5, 0.6) is 0 Å². The summed E-state index contributed by atoms with van der Waals surface area (Å²) in [4.78, 5) is 13.9. The highest BCUT2D eigenvalue weighted by Gasteiger charge is 2.07. The number of nitrogens with one attached hydrogen (secondary N) is 1. The van der Waals surface area contributed by atoms with Crippen LogP contribution in [0, 0.1) is 0 Å². The maximum atomic E-state index is 12.0. The lowest BCUT2D eigenvalue weighted by Crippen LogP contribution is -2.30. The topological polar surface area (TPSA) is 58.4 Å². The number of likely N-dealkylation sites (N-methyl/N-ethyl adjacent to an activating group) is 1. The molecule has 0 fully saturated rings. The van der Waals surface area contributed by atoms with Crippen LogP contribution >= 0.6 is 0 Å². The molecule has 0 bridgehead atoms. The Kier molecular flexibility index (Phi) is 4.82. The van der Waals surface area contributed by atoms with Gasteiger partial charge in [0.05, 0.1) is 6.54 Å². The molecule has 0 aliphatic rings. The number of anilines is 3. The second kappa shape index (κ2) is 6.79. The Labute approximate surface area is 125 Å². The lowest BCUT2D eigenvalue weighted by Gasteiger charge is -2.19. The number of nitrogens with zero attached hydrogens (tertiary/aromatic N) is 1. The van der Waals surface area contributed by atoms with Gasteiger partial charge in [-0.25, -0.2) is 0 Å². The minimum atomic E-state index is -0.0539. The summed E-state index contributed by atoms with van der Waals surface area (Å²) in [6.45, 7) is 2.43. The predicted octanol–water partition coefficient (Wildman–Crippen LogP) is 2.91. The first kappa shape index (κ1) is 14.9. The third-order valence-corrected chi connectivity index (χ3v) is 3.36. The lowest BCUT2D eigenvalue weighted by atomic mass is 10.1. The molecule has 0 radical (unpaired) electrons.